The highest BCUT2D eigenvalue weighted by atomic mass is 15.3. The molecule has 0 amide bonds. The van der Waals surface area contributed by atoms with E-state index in [0.29, 0.717) is 12.5 Å². The molecular formula is C9H10N6. The number of hydrogen-bond acceptors (Lipinski definition) is 6. The standard InChI is InChI=1S/C9H10N6/c10-8-3-1-7(2-4-8)5-11-9-14-12-6-13-15-9/h1-4,6H,5,10H2,(H,11,14,15). The van der Waals surface area contributed by atoms with Crippen LogP contribution in [0.3, 0.4) is 0 Å². The van der Waals surface area contributed by atoms with Crippen LogP contribution in [-0.4, -0.2) is 20.4 Å². The normalized spacial score (nSPS) is 9.87. The molecule has 1 heterocycles. The monoisotopic (exact) mass is 202 g/mol. The summed E-state index contributed by atoms with van der Waals surface area (Å²) in [5.74, 6) is 0.411. The van der Waals surface area contributed by atoms with Gasteiger partial charge in [0.2, 0.25) is 0 Å². The molecule has 0 fully saturated rings. The van der Waals surface area contributed by atoms with Crippen LogP contribution in [0, 0.1) is 0 Å². The van der Waals surface area contributed by atoms with Crippen LogP contribution in [0.25, 0.3) is 0 Å². The lowest BCUT2D eigenvalue weighted by atomic mass is 10.2. The predicted molar refractivity (Wildman–Crippen MR) is 55.8 cm³/mol. The molecule has 1 aromatic heterocycles. The molecule has 0 aliphatic rings. The van der Waals surface area contributed by atoms with Gasteiger partial charge in [-0.1, -0.05) is 12.1 Å². The van der Waals surface area contributed by atoms with Gasteiger partial charge in [-0.25, -0.2) is 0 Å². The van der Waals surface area contributed by atoms with E-state index < -0.39 is 0 Å². The highest BCUT2D eigenvalue weighted by molar-refractivity contribution is 5.40. The maximum absolute atomic E-state index is 5.57. The molecule has 6 heteroatoms. The summed E-state index contributed by atoms with van der Waals surface area (Å²) < 4.78 is 0. The van der Waals surface area contributed by atoms with Gasteiger partial charge in [-0.3, -0.25) is 0 Å². The van der Waals surface area contributed by atoms with Crippen LogP contribution in [0.5, 0.6) is 0 Å². The van der Waals surface area contributed by atoms with E-state index >= 15 is 0 Å². The Labute approximate surface area is 86.6 Å². The van der Waals surface area contributed by atoms with Gasteiger partial charge in [0.1, 0.15) is 0 Å². The molecular weight excluding hydrogens is 192 g/mol. The van der Waals surface area contributed by atoms with Crippen molar-refractivity contribution in [2.24, 2.45) is 0 Å². The Morgan fingerprint density at radius 1 is 1.07 bits per heavy atom. The molecule has 0 bridgehead atoms. The zero-order valence-electron chi connectivity index (χ0n) is 7.96. The average molecular weight is 202 g/mol. The van der Waals surface area contributed by atoms with Crippen LogP contribution in [0.2, 0.25) is 0 Å². The van der Waals surface area contributed by atoms with Crippen LogP contribution in [0.4, 0.5) is 11.6 Å². The van der Waals surface area contributed by atoms with E-state index in [-0.39, 0.29) is 0 Å². The largest absolute Gasteiger partial charge is 0.399 e. The Balaban J connectivity index is 1.96. The van der Waals surface area contributed by atoms with Gasteiger partial charge in [0.15, 0.2) is 6.33 Å². The maximum Gasteiger partial charge on any atom is 0.262 e. The van der Waals surface area contributed by atoms with Gasteiger partial charge >= 0.3 is 0 Å². The smallest absolute Gasteiger partial charge is 0.262 e. The van der Waals surface area contributed by atoms with Crippen molar-refractivity contribution < 1.29 is 0 Å². The number of nitrogens with two attached hydrogens (primary N) is 1. The summed E-state index contributed by atoms with van der Waals surface area (Å²) in [5, 5.41) is 17.7. The third-order valence-electron chi connectivity index (χ3n) is 1.84. The van der Waals surface area contributed by atoms with Crippen molar-refractivity contribution in [3.05, 3.63) is 36.2 Å². The molecule has 0 radical (unpaired) electrons. The van der Waals surface area contributed by atoms with Crippen LogP contribution in [0.15, 0.2) is 30.6 Å². The molecule has 2 rings (SSSR count). The second kappa shape index (κ2) is 4.32. The molecule has 0 saturated carbocycles. The number of nitrogen functional groups attached to an aromatic ring is 1. The fourth-order valence-electron chi connectivity index (χ4n) is 1.09. The van der Waals surface area contributed by atoms with E-state index in [0.717, 1.165) is 11.3 Å². The number of hydrogen-bond donors (Lipinski definition) is 2. The van der Waals surface area contributed by atoms with Gasteiger partial charge in [0.05, 0.1) is 0 Å². The Morgan fingerprint density at radius 2 is 1.73 bits per heavy atom. The fourth-order valence-corrected chi connectivity index (χ4v) is 1.09. The van der Waals surface area contributed by atoms with Crippen LogP contribution in [0.1, 0.15) is 5.56 Å². The Bertz CT molecular complexity index is 412. The molecule has 3 N–H and O–H groups in total. The number of anilines is 2. The first-order chi connectivity index (χ1) is 7.34. The summed E-state index contributed by atoms with van der Waals surface area (Å²) in [5.41, 5.74) is 7.41. The van der Waals surface area contributed by atoms with Gasteiger partial charge in [0, 0.05) is 12.2 Å². The third-order valence-corrected chi connectivity index (χ3v) is 1.84. The number of nitrogens with one attached hydrogen (secondary N) is 1. The summed E-state index contributed by atoms with van der Waals surface area (Å²) in [6, 6.07) is 7.57. The fraction of sp³-hybridized carbons (Fsp3) is 0.111. The van der Waals surface area contributed by atoms with Gasteiger partial charge in [-0.15, -0.1) is 20.4 Å². The van der Waals surface area contributed by atoms with Gasteiger partial charge in [0.25, 0.3) is 5.95 Å². The van der Waals surface area contributed by atoms with Crippen molar-refractivity contribution >= 4 is 11.6 Å². The Kier molecular flexibility index (Phi) is 2.68. The number of benzene rings is 1. The van der Waals surface area contributed by atoms with E-state index in [1.807, 2.05) is 24.3 Å². The molecule has 2 aromatic rings. The van der Waals surface area contributed by atoms with E-state index in [1.165, 1.54) is 6.33 Å². The number of nitrogens with zero attached hydrogens (tertiary/aromatic N) is 4. The molecule has 0 saturated heterocycles. The predicted octanol–water partition coefficient (Wildman–Crippen LogP) is 0.461. The minimum Gasteiger partial charge on any atom is -0.399 e. The lowest BCUT2D eigenvalue weighted by molar-refractivity contribution is 0.847. The lowest BCUT2D eigenvalue weighted by Crippen LogP contribution is -2.05. The van der Waals surface area contributed by atoms with Crippen molar-refractivity contribution in [3.63, 3.8) is 0 Å². The second-order valence-corrected chi connectivity index (χ2v) is 2.97. The first kappa shape index (κ1) is 9.32. The molecule has 6 nitrogen and oxygen atoms in total. The molecule has 76 valence electrons. The molecule has 0 spiro atoms. The molecule has 0 aliphatic heterocycles. The van der Waals surface area contributed by atoms with Gasteiger partial charge < -0.3 is 11.1 Å². The minimum absolute atomic E-state index is 0.411. The molecule has 1 aromatic carbocycles. The number of aromatic nitrogens is 4. The topological polar surface area (TPSA) is 89.6 Å². The molecule has 0 aliphatic carbocycles. The molecule has 0 atom stereocenters. The minimum atomic E-state index is 0.411. The van der Waals surface area contributed by atoms with Gasteiger partial charge in [-0.05, 0) is 17.7 Å². The maximum atomic E-state index is 5.57. The van der Waals surface area contributed by atoms with Crippen molar-refractivity contribution in [1.29, 1.82) is 0 Å². The third kappa shape index (κ3) is 2.60. The second-order valence-electron chi connectivity index (χ2n) is 2.97. The summed E-state index contributed by atoms with van der Waals surface area (Å²) in [7, 11) is 0. The van der Waals surface area contributed by atoms with E-state index in [4.69, 9.17) is 5.73 Å². The summed E-state index contributed by atoms with van der Waals surface area (Å²) >= 11 is 0. The zero-order chi connectivity index (χ0) is 10.5. The highest BCUT2D eigenvalue weighted by Crippen LogP contribution is 2.06. The quantitative estimate of drug-likeness (QED) is 0.703. The first-order valence-corrected chi connectivity index (χ1v) is 4.43. The van der Waals surface area contributed by atoms with Crippen LogP contribution < -0.4 is 11.1 Å². The first-order valence-electron chi connectivity index (χ1n) is 4.43. The van der Waals surface area contributed by atoms with Crippen LogP contribution in [-0.2, 0) is 6.54 Å². The lowest BCUT2D eigenvalue weighted by Gasteiger charge is -2.03. The zero-order valence-corrected chi connectivity index (χ0v) is 7.96. The van der Waals surface area contributed by atoms with Crippen molar-refractivity contribution in [2.45, 2.75) is 6.54 Å². The molecule has 15 heavy (non-hydrogen) atoms. The van der Waals surface area contributed by atoms with E-state index in [2.05, 4.69) is 25.7 Å². The average Bonchev–Trinajstić information content (AvgIpc) is 2.30. The summed E-state index contributed by atoms with van der Waals surface area (Å²) in [6.45, 7) is 0.619. The van der Waals surface area contributed by atoms with E-state index in [9.17, 15) is 0 Å². The van der Waals surface area contributed by atoms with Crippen molar-refractivity contribution in [3.8, 4) is 0 Å². The summed E-state index contributed by atoms with van der Waals surface area (Å²) in [4.78, 5) is 0. The Hall–Kier alpha value is -2.24. The number of rotatable bonds is 3. The van der Waals surface area contributed by atoms with E-state index in [1.54, 1.807) is 0 Å². The SMILES string of the molecule is Nc1ccc(CNc2nncnn2)cc1. The molecule has 0 unspecified atom stereocenters. The highest BCUT2D eigenvalue weighted by Gasteiger charge is 1.96. The van der Waals surface area contributed by atoms with Crippen molar-refractivity contribution in [1.82, 2.24) is 20.4 Å². The Morgan fingerprint density at radius 3 is 2.40 bits per heavy atom. The summed E-state index contributed by atoms with van der Waals surface area (Å²) in [6.07, 6.45) is 1.29. The van der Waals surface area contributed by atoms with Crippen LogP contribution >= 0.6 is 0 Å². The van der Waals surface area contributed by atoms with Gasteiger partial charge in [-0.2, -0.15) is 0 Å². The van der Waals surface area contributed by atoms with Crippen molar-refractivity contribution in [2.75, 3.05) is 11.1 Å².